The molecule has 3 aromatic rings. The molecule has 0 saturated heterocycles. The van der Waals surface area contributed by atoms with E-state index in [9.17, 15) is 0 Å². The maximum atomic E-state index is 6.68. The predicted molar refractivity (Wildman–Crippen MR) is 119 cm³/mol. The third-order valence-electron chi connectivity index (χ3n) is 5.44. The van der Waals surface area contributed by atoms with E-state index in [4.69, 9.17) is 9.47 Å². The van der Waals surface area contributed by atoms with Gasteiger partial charge in [-0.2, -0.15) is 0 Å². The molecule has 0 radical (unpaired) electrons. The topological polar surface area (TPSA) is 24.9 Å². The Morgan fingerprint density at radius 1 is 0.724 bits per heavy atom. The molecule has 1 aliphatic rings. The van der Waals surface area contributed by atoms with E-state index in [0.717, 1.165) is 33.8 Å². The van der Waals surface area contributed by atoms with Crippen molar-refractivity contribution >= 4 is 11.4 Å². The molecule has 1 unspecified atom stereocenters. The lowest BCUT2D eigenvalue weighted by Crippen LogP contribution is -2.42. The Hall–Kier alpha value is -2.98. The van der Waals surface area contributed by atoms with Gasteiger partial charge >= 0.3 is 0 Å². The Bertz CT molecular complexity index is 961. The van der Waals surface area contributed by atoms with Crippen LogP contribution < -0.4 is 14.5 Å². The van der Waals surface area contributed by atoms with Gasteiger partial charge in [-0.05, 0) is 48.4 Å². The number of hydrogen-bond acceptors (Lipinski definition) is 4. The summed E-state index contributed by atoms with van der Waals surface area (Å²) in [5.74, 6) is 0.858. The van der Waals surface area contributed by atoms with Crippen LogP contribution in [0.3, 0.4) is 0 Å². The maximum absolute atomic E-state index is 6.68. The largest absolute Gasteiger partial charge is 0.465 e. The van der Waals surface area contributed by atoms with Crippen LogP contribution >= 0.6 is 0 Å². The van der Waals surface area contributed by atoms with Crippen molar-refractivity contribution in [2.45, 2.75) is 18.8 Å². The quantitative estimate of drug-likeness (QED) is 0.637. The summed E-state index contributed by atoms with van der Waals surface area (Å²) in [6, 6.07) is 25.3. The molecule has 0 aromatic heterocycles. The zero-order valence-electron chi connectivity index (χ0n) is 17.7. The molecule has 0 aliphatic carbocycles. The number of rotatable bonds is 4. The van der Waals surface area contributed by atoms with E-state index in [-0.39, 0.29) is 6.29 Å². The van der Waals surface area contributed by atoms with E-state index in [1.807, 2.05) is 25.1 Å². The molecular formula is C25H28N2O2. The fourth-order valence-electron chi connectivity index (χ4n) is 4.00. The third-order valence-corrected chi connectivity index (χ3v) is 5.44. The molecule has 1 aliphatic heterocycles. The summed E-state index contributed by atoms with van der Waals surface area (Å²) in [5.41, 5.74) is 4.69. The van der Waals surface area contributed by atoms with Crippen LogP contribution in [0.2, 0.25) is 0 Å². The Balaban J connectivity index is 2.04. The van der Waals surface area contributed by atoms with Crippen molar-refractivity contribution in [3.63, 3.8) is 0 Å². The highest BCUT2D eigenvalue weighted by Crippen LogP contribution is 2.49. The zero-order valence-corrected chi connectivity index (χ0v) is 17.7. The van der Waals surface area contributed by atoms with Gasteiger partial charge in [0.1, 0.15) is 5.75 Å². The fourth-order valence-corrected chi connectivity index (χ4v) is 4.00. The lowest BCUT2D eigenvalue weighted by molar-refractivity contribution is -0.152. The summed E-state index contributed by atoms with van der Waals surface area (Å²) in [4.78, 5) is 4.23. The van der Waals surface area contributed by atoms with Crippen LogP contribution in [0.4, 0.5) is 11.4 Å². The highest BCUT2D eigenvalue weighted by Gasteiger charge is 2.45. The van der Waals surface area contributed by atoms with Gasteiger partial charge < -0.3 is 19.3 Å². The van der Waals surface area contributed by atoms with Crippen molar-refractivity contribution in [3.05, 3.63) is 89.5 Å². The van der Waals surface area contributed by atoms with E-state index in [0.29, 0.717) is 0 Å². The Labute approximate surface area is 173 Å². The first-order chi connectivity index (χ1) is 13.9. The number of para-hydroxylation sites is 1. The summed E-state index contributed by atoms with van der Waals surface area (Å²) in [7, 11) is 8.22. The third kappa shape index (κ3) is 3.34. The molecule has 3 aromatic carbocycles. The first kappa shape index (κ1) is 19.3. The number of nitrogens with zero attached hydrogens (tertiary/aromatic N) is 2. The normalized spacial score (nSPS) is 17.2. The lowest BCUT2D eigenvalue weighted by atomic mass is 9.78. The molecule has 0 N–H and O–H groups in total. The molecule has 1 atom stereocenters. The highest BCUT2D eigenvalue weighted by atomic mass is 16.7. The van der Waals surface area contributed by atoms with Gasteiger partial charge in [0.2, 0.25) is 0 Å². The van der Waals surface area contributed by atoms with E-state index in [2.05, 4.69) is 92.6 Å². The molecule has 0 amide bonds. The summed E-state index contributed by atoms with van der Waals surface area (Å²) in [6.45, 7) is 1.95. The molecule has 150 valence electrons. The van der Waals surface area contributed by atoms with Crippen molar-refractivity contribution < 1.29 is 9.47 Å². The monoisotopic (exact) mass is 388 g/mol. The molecule has 0 spiro atoms. The minimum absolute atomic E-state index is 0.379. The zero-order chi connectivity index (χ0) is 20.6. The van der Waals surface area contributed by atoms with Gasteiger partial charge in [0.05, 0.1) is 0 Å². The molecule has 0 bridgehead atoms. The van der Waals surface area contributed by atoms with E-state index in [1.54, 1.807) is 0 Å². The van der Waals surface area contributed by atoms with Crippen LogP contribution in [0.5, 0.6) is 5.75 Å². The van der Waals surface area contributed by atoms with Crippen LogP contribution in [0.15, 0.2) is 72.8 Å². The Morgan fingerprint density at radius 2 is 1.28 bits per heavy atom. The van der Waals surface area contributed by atoms with Gasteiger partial charge in [-0.3, -0.25) is 0 Å². The molecule has 29 heavy (non-hydrogen) atoms. The van der Waals surface area contributed by atoms with Crippen molar-refractivity contribution in [3.8, 4) is 5.75 Å². The van der Waals surface area contributed by atoms with Crippen LogP contribution in [0.25, 0.3) is 0 Å². The second kappa shape index (κ2) is 7.45. The second-order valence-electron chi connectivity index (χ2n) is 7.87. The molecule has 4 nitrogen and oxygen atoms in total. The first-order valence-corrected chi connectivity index (χ1v) is 9.91. The number of anilines is 2. The summed E-state index contributed by atoms with van der Waals surface area (Å²) in [6.07, 6.45) is -0.379. The van der Waals surface area contributed by atoms with E-state index in [1.165, 1.54) is 0 Å². The van der Waals surface area contributed by atoms with E-state index < -0.39 is 5.60 Å². The van der Waals surface area contributed by atoms with Crippen molar-refractivity contribution in [2.24, 2.45) is 0 Å². The number of ether oxygens (including phenoxy) is 2. The summed E-state index contributed by atoms with van der Waals surface area (Å²) in [5, 5.41) is 0. The molecule has 1 heterocycles. The molecular weight excluding hydrogens is 360 g/mol. The molecule has 4 heteroatoms. The number of hydrogen-bond donors (Lipinski definition) is 0. The Morgan fingerprint density at radius 3 is 1.83 bits per heavy atom. The Kier molecular flexibility index (Phi) is 4.97. The first-order valence-electron chi connectivity index (χ1n) is 9.91. The molecule has 4 rings (SSSR count). The van der Waals surface area contributed by atoms with Crippen molar-refractivity contribution in [1.82, 2.24) is 0 Å². The fraction of sp³-hybridized carbons (Fsp3) is 0.280. The van der Waals surface area contributed by atoms with E-state index >= 15 is 0 Å². The van der Waals surface area contributed by atoms with Crippen molar-refractivity contribution in [2.75, 3.05) is 38.0 Å². The average molecular weight is 389 g/mol. The average Bonchev–Trinajstić information content (AvgIpc) is 2.73. The van der Waals surface area contributed by atoms with Crippen LogP contribution in [-0.2, 0) is 10.3 Å². The highest BCUT2D eigenvalue weighted by molar-refractivity contribution is 5.60. The SMILES string of the molecule is CC1Oc2ccccc2C(c2cccc(N(C)C)c2)(c2cccc(N(C)C)c2)O1. The second-order valence-corrected chi connectivity index (χ2v) is 7.87. The van der Waals surface area contributed by atoms with Crippen LogP contribution in [-0.4, -0.2) is 34.5 Å². The van der Waals surface area contributed by atoms with Gasteiger partial charge in [-0.25, -0.2) is 0 Å². The van der Waals surface area contributed by atoms with Gasteiger partial charge in [-0.1, -0.05) is 42.5 Å². The minimum Gasteiger partial charge on any atom is -0.465 e. The number of benzene rings is 3. The van der Waals surface area contributed by atoms with Crippen LogP contribution in [0, 0.1) is 0 Å². The van der Waals surface area contributed by atoms with Gasteiger partial charge in [0.15, 0.2) is 11.9 Å². The minimum atomic E-state index is -0.758. The smallest absolute Gasteiger partial charge is 0.198 e. The van der Waals surface area contributed by atoms with Gasteiger partial charge in [0, 0.05) is 45.1 Å². The van der Waals surface area contributed by atoms with Gasteiger partial charge in [-0.15, -0.1) is 0 Å². The summed E-state index contributed by atoms with van der Waals surface area (Å²) < 4.78 is 12.7. The van der Waals surface area contributed by atoms with Gasteiger partial charge in [0.25, 0.3) is 0 Å². The van der Waals surface area contributed by atoms with Crippen LogP contribution in [0.1, 0.15) is 23.6 Å². The standard InChI is InChI=1S/C25H28N2O2/c1-18-28-24-15-7-6-14-23(24)25(29-18,19-10-8-12-21(16-19)26(2)3)20-11-9-13-22(17-20)27(4)5/h6-18H,1-5H3. The summed E-state index contributed by atoms with van der Waals surface area (Å²) >= 11 is 0. The number of fused-ring (bicyclic) bond motifs is 1. The maximum Gasteiger partial charge on any atom is 0.198 e. The lowest BCUT2D eigenvalue weighted by Gasteiger charge is -2.43. The predicted octanol–water partition coefficient (Wildman–Crippen LogP) is 4.87. The molecule has 0 saturated carbocycles. The van der Waals surface area contributed by atoms with Crippen molar-refractivity contribution in [1.29, 1.82) is 0 Å². The molecule has 0 fully saturated rings.